The highest BCUT2D eigenvalue weighted by Crippen LogP contribution is 2.41. The first-order chi connectivity index (χ1) is 12.8. The summed E-state index contributed by atoms with van der Waals surface area (Å²) in [5.74, 6) is 0.477. The summed E-state index contributed by atoms with van der Waals surface area (Å²) in [5, 5.41) is 7.69. The fraction of sp³-hybridized carbons (Fsp3) is 0.545. The van der Waals surface area contributed by atoms with E-state index in [0.29, 0.717) is 18.2 Å². The first kappa shape index (κ1) is 18.1. The van der Waals surface area contributed by atoms with Crippen LogP contribution >= 0.6 is 0 Å². The number of carbonyl (C=O) groups is 1. The van der Waals surface area contributed by atoms with Gasteiger partial charge in [0.15, 0.2) is 0 Å². The van der Waals surface area contributed by atoms with Crippen LogP contribution in [0.3, 0.4) is 0 Å². The van der Waals surface area contributed by atoms with Gasteiger partial charge in [0.2, 0.25) is 0 Å². The van der Waals surface area contributed by atoms with E-state index in [2.05, 4.69) is 61.3 Å². The SMILES string of the molecule is CN1CCCc2cc(CNC(=O)c3cc(C4CC4)n(C(C)(C)C)n3)ccc21. The Kier molecular flexibility index (Phi) is 4.49. The normalized spacial score (nSPS) is 17.0. The van der Waals surface area contributed by atoms with E-state index in [1.54, 1.807) is 0 Å². The fourth-order valence-corrected chi connectivity index (χ4v) is 3.94. The summed E-state index contributed by atoms with van der Waals surface area (Å²) in [6, 6.07) is 8.51. The lowest BCUT2D eigenvalue weighted by molar-refractivity contribution is 0.0944. The van der Waals surface area contributed by atoms with Gasteiger partial charge in [-0.25, -0.2) is 0 Å². The summed E-state index contributed by atoms with van der Waals surface area (Å²) in [4.78, 5) is 15.0. The lowest BCUT2D eigenvalue weighted by Gasteiger charge is -2.27. The summed E-state index contributed by atoms with van der Waals surface area (Å²) in [7, 11) is 2.14. The third-order valence-electron chi connectivity index (χ3n) is 5.55. The molecule has 0 spiro atoms. The molecular formula is C22H30N4O. The number of anilines is 1. The van der Waals surface area contributed by atoms with Gasteiger partial charge in [-0.05, 0) is 69.7 Å². The molecule has 1 amide bonds. The number of nitrogens with one attached hydrogen (secondary N) is 1. The third-order valence-corrected chi connectivity index (χ3v) is 5.55. The molecule has 0 unspecified atom stereocenters. The molecule has 144 valence electrons. The maximum absolute atomic E-state index is 12.7. The standard InChI is InChI=1S/C22H30N4O/c1-22(2,3)26-20(16-8-9-16)13-18(24-26)21(27)23-14-15-7-10-19-17(12-15)6-5-11-25(19)4/h7,10,12-13,16H,5-6,8-9,11,14H2,1-4H3,(H,23,27). The van der Waals surface area contributed by atoms with Crippen molar-refractivity contribution in [2.24, 2.45) is 0 Å². The zero-order chi connectivity index (χ0) is 19.2. The molecule has 2 aromatic rings. The Hall–Kier alpha value is -2.30. The Bertz CT molecular complexity index is 858. The van der Waals surface area contributed by atoms with Crippen LogP contribution in [-0.4, -0.2) is 29.3 Å². The molecule has 0 saturated heterocycles. The van der Waals surface area contributed by atoms with Crippen molar-refractivity contribution < 1.29 is 4.79 Å². The van der Waals surface area contributed by atoms with Crippen molar-refractivity contribution in [1.82, 2.24) is 15.1 Å². The molecule has 2 heterocycles. The van der Waals surface area contributed by atoms with Crippen molar-refractivity contribution in [1.29, 1.82) is 0 Å². The first-order valence-corrected chi connectivity index (χ1v) is 10.0. The summed E-state index contributed by atoms with van der Waals surface area (Å²) in [5.41, 5.74) is 5.46. The van der Waals surface area contributed by atoms with Crippen LogP contribution in [0.1, 0.15) is 73.3 Å². The second-order valence-corrected chi connectivity index (χ2v) is 8.98. The minimum atomic E-state index is -0.110. The molecule has 4 rings (SSSR count). The first-order valence-electron chi connectivity index (χ1n) is 10.0. The van der Waals surface area contributed by atoms with Gasteiger partial charge in [-0.1, -0.05) is 12.1 Å². The van der Waals surface area contributed by atoms with E-state index in [-0.39, 0.29) is 11.4 Å². The predicted octanol–water partition coefficient (Wildman–Crippen LogP) is 3.83. The molecule has 1 aliphatic heterocycles. The van der Waals surface area contributed by atoms with Crippen LogP contribution in [0.2, 0.25) is 0 Å². The van der Waals surface area contributed by atoms with Crippen molar-refractivity contribution in [2.45, 2.75) is 64.5 Å². The fourth-order valence-electron chi connectivity index (χ4n) is 3.94. The number of aromatic nitrogens is 2. The molecule has 1 aliphatic carbocycles. The lowest BCUT2D eigenvalue weighted by Crippen LogP contribution is -2.27. The Labute approximate surface area is 161 Å². The van der Waals surface area contributed by atoms with Crippen molar-refractivity contribution in [2.75, 3.05) is 18.5 Å². The molecule has 0 bridgehead atoms. The van der Waals surface area contributed by atoms with E-state index in [1.165, 1.54) is 36.2 Å². The molecule has 27 heavy (non-hydrogen) atoms. The van der Waals surface area contributed by atoms with Gasteiger partial charge in [-0.15, -0.1) is 0 Å². The quantitative estimate of drug-likeness (QED) is 0.895. The number of nitrogens with zero attached hydrogens (tertiary/aromatic N) is 3. The molecular weight excluding hydrogens is 336 g/mol. The Morgan fingerprint density at radius 1 is 1.26 bits per heavy atom. The number of carbonyl (C=O) groups excluding carboxylic acids is 1. The average Bonchev–Trinajstić information content (AvgIpc) is 3.36. The van der Waals surface area contributed by atoms with Crippen molar-refractivity contribution in [3.8, 4) is 0 Å². The Balaban J connectivity index is 1.47. The van der Waals surface area contributed by atoms with Gasteiger partial charge in [0.05, 0.1) is 5.54 Å². The number of amides is 1. The second-order valence-electron chi connectivity index (χ2n) is 8.98. The number of hydrogen-bond acceptors (Lipinski definition) is 3. The predicted molar refractivity (Wildman–Crippen MR) is 108 cm³/mol. The number of fused-ring (bicyclic) bond motifs is 1. The second kappa shape index (κ2) is 6.70. The molecule has 1 fully saturated rings. The highest BCUT2D eigenvalue weighted by Gasteiger charge is 2.32. The highest BCUT2D eigenvalue weighted by atomic mass is 16.1. The molecule has 1 saturated carbocycles. The molecule has 1 N–H and O–H groups in total. The minimum Gasteiger partial charge on any atom is -0.374 e. The number of benzene rings is 1. The van der Waals surface area contributed by atoms with Crippen LogP contribution in [0.4, 0.5) is 5.69 Å². The molecule has 0 atom stereocenters. The van der Waals surface area contributed by atoms with E-state index in [4.69, 9.17) is 0 Å². The lowest BCUT2D eigenvalue weighted by atomic mass is 9.99. The highest BCUT2D eigenvalue weighted by molar-refractivity contribution is 5.92. The van der Waals surface area contributed by atoms with Crippen LogP contribution in [0.5, 0.6) is 0 Å². The van der Waals surface area contributed by atoms with Gasteiger partial charge in [0, 0.05) is 37.4 Å². The van der Waals surface area contributed by atoms with Gasteiger partial charge in [-0.3, -0.25) is 9.48 Å². The van der Waals surface area contributed by atoms with Gasteiger partial charge in [0.1, 0.15) is 5.69 Å². The molecule has 5 heteroatoms. The van der Waals surface area contributed by atoms with E-state index in [9.17, 15) is 4.79 Å². The molecule has 5 nitrogen and oxygen atoms in total. The monoisotopic (exact) mass is 366 g/mol. The van der Waals surface area contributed by atoms with Crippen molar-refractivity contribution in [3.63, 3.8) is 0 Å². The minimum absolute atomic E-state index is 0.0882. The summed E-state index contributed by atoms with van der Waals surface area (Å²) in [6.07, 6.45) is 4.70. The Morgan fingerprint density at radius 3 is 2.74 bits per heavy atom. The maximum Gasteiger partial charge on any atom is 0.272 e. The molecule has 1 aromatic carbocycles. The number of rotatable bonds is 4. The molecule has 1 aromatic heterocycles. The number of aryl methyl sites for hydroxylation is 1. The van der Waals surface area contributed by atoms with Crippen molar-refractivity contribution >= 4 is 11.6 Å². The third kappa shape index (κ3) is 3.73. The van der Waals surface area contributed by atoms with Gasteiger partial charge < -0.3 is 10.2 Å². The van der Waals surface area contributed by atoms with Crippen LogP contribution in [0.25, 0.3) is 0 Å². The van der Waals surface area contributed by atoms with E-state index in [1.807, 2.05) is 10.7 Å². The summed E-state index contributed by atoms with van der Waals surface area (Å²) in [6.45, 7) is 8.06. The average molecular weight is 367 g/mol. The van der Waals surface area contributed by atoms with Gasteiger partial charge in [-0.2, -0.15) is 5.10 Å². The molecule has 0 radical (unpaired) electrons. The van der Waals surface area contributed by atoms with Crippen LogP contribution < -0.4 is 10.2 Å². The Morgan fingerprint density at radius 2 is 2.04 bits per heavy atom. The van der Waals surface area contributed by atoms with Crippen LogP contribution in [0, 0.1) is 0 Å². The summed E-state index contributed by atoms with van der Waals surface area (Å²) >= 11 is 0. The topological polar surface area (TPSA) is 50.2 Å². The van der Waals surface area contributed by atoms with Gasteiger partial charge in [0.25, 0.3) is 5.91 Å². The van der Waals surface area contributed by atoms with E-state index < -0.39 is 0 Å². The zero-order valence-electron chi connectivity index (χ0n) is 16.9. The largest absolute Gasteiger partial charge is 0.374 e. The van der Waals surface area contributed by atoms with E-state index in [0.717, 1.165) is 18.5 Å². The maximum atomic E-state index is 12.7. The summed E-state index contributed by atoms with van der Waals surface area (Å²) < 4.78 is 2.04. The number of hydrogen-bond donors (Lipinski definition) is 1. The zero-order valence-corrected chi connectivity index (χ0v) is 16.9. The van der Waals surface area contributed by atoms with Crippen LogP contribution in [-0.2, 0) is 18.5 Å². The van der Waals surface area contributed by atoms with E-state index >= 15 is 0 Å². The van der Waals surface area contributed by atoms with Crippen LogP contribution in [0.15, 0.2) is 24.3 Å². The van der Waals surface area contributed by atoms with Crippen molar-refractivity contribution in [3.05, 3.63) is 46.8 Å². The molecule has 2 aliphatic rings. The smallest absolute Gasteiger partial charge is 0.272 e. The van der Waals surface area contributed by atoms with Gasteiger partial charge >= 0.3 is 0 Å².